The number of rotatable bonds is 0. The van der Waals surface area contributed by atoms with Crippen molar-refractivity contribution in [1.29, 1.82) is 5.26 Å². The van der Waals surface area contributed by atoms with E-state index in [4.69, 9.17) is 9.47 Å². The zero-order chi connectivity index (χ0) is 18.8. The van der Waals surface area contributed by atoms with Crippen molar-refractivity contribution in [2.45, 2.75) is 5.60 Å². The summed E-state index contributed by atoms with van der Waals surface area (Å²) < 4.78 is 11.8. The van der Waals surface area contributed by atoms with Gasteiger partial charge in [-0.3, -0.25) is 0 Å². The van der Waals surface area contributed by atoms with Crippen LogP contribution in [0.15, 0.2) is 54.6 Å². The largest absolute Gasteiger partial charge is 0.508 e. The number of aromatic hydroxyl groups is 2. The second-order valence-electron chi connectivity index (χ2n) is 6.35. The van der Waals surface area contributed by atoms with E-state index in [1.807, 2.05) is 6.07 Å². The van der Waals surface area contributed by atoms with Gasteiger partial charge in [-0.2, -0.15) is 5.26 Å². The molecular formula is C21H11NO5. The second kappa shape index (κ2) is 5.02. The van der Waals surface area contributed by atoms with Crippen LogP contribution in [0.25, 0.3) is 0 Å². The molecule has 0 saturated carbocycles. The van der Waals surface area contributed by atoms with Crippen molar-refractivity contribution in [1.82, 2.24) is 0 Å². The number of carbonyl (C=O) groups excluding carboxylic acids is 1. The number of ether oxygens (including phenoxy) is 2. The fourth-order valence-electron chi connectivity index (χ4n) is 3.82. The third kappa shape index (κ3) is 1.80. The molecule has 0 bridgehead atoms. The SMILES string of the molecule is N#Cc1c(O)ccc2c1Oc1cc(O)ccc1C21OC(=O)c2ccccc21. The molecule has 0 saturated heterocycles. The maximum Gasteiger partial charge on any atom is 0.340 e. The molecule has 0 aromatic heterocycles. The molecule has 2 heterocycles. The second-order valence-corrected chi connectivity index (χ2v) is 6.35. The highest BCUT2D eigenvalue weighted by molar-refractivity contribution is 5.97. The summed E-state index contributed by atoms with van der Waals surface area (Å²) in [6, 6.07) is 16.4. The molecule has 6 nitrogen and oxygen atoms in total. The van der Waals surface area contributed by atoms with Crippen LogP contribution >= 0.6 is 0 Å². The van der Waals surface area contributed by atoms with Crippen molar-refractivity contribution in [3.05, 3.63) is 82.4 Å². The lowest BCUT2D eigenvalue weighted by Crippen LogP contribution is -2.33. The maximum absolute atomic E-state index is 12.6. The minimum Gasteiger partial charge on any atom is -0.508 e. The average Bonchev–Trinajstić information content (AvgIpc) is 2.95. The lowest BCUT2D eigenvalue weighted by Gasteiger charge is -2.36. The molecule has 6 heteroatoms. The Labute approximate surface area is 153 Å². The molecule has 1 atom stereocenters. The zero-order valence-corrected chi connectivity index (χ0v) is 13.8. The van der Waals surface area contributed by atoms with Crippen LogP contribution in [0.4, 0.5) is 0 Å². The van der Waals surface area contributed by atoms with E-state index in [-0.39, 0.29) is 28.6 Å². The van der Waals surface area contributed by atoms with E-state index in [2.05, 4.69) is 0 Å². The minimum absolute atomic E-state index is 0.0383. The van der Waals surface area contributed by atoms with Crippen molar-refractivity contribution in [2.24, 2.45) is 0 Å². The molecule has 2 N–H and O–H groups in total. The maximum atomic E-state index is 12.6. The van der Waals surface area contributed by atoms with E-state index in [1.165, 1.54) is 18.2 Å². The molecule has 27 heavy (non-hydrogen) atoms. The first kappa shape index (κ1) is 15.3. The molecular weight excluding hydrogens is 346 g/mol. The highest BCUT2D eigenvalue weighted by Crippen LogP contribution is 2.57. The van der Waals surface area contributed by atoms with Gasteiger partial charge >= 0.3 is 5.97 Å². The summed E-state index contributed by atoms with van der Waals surface area (Å²) in [7, 11) is 0. The predicted octanol–water partition coefficient (Wildman–Crippen LogP) is 3.54. The average molecular weight is 357 g/mol. The van der Waals surface area contributed by atoms with Crippen LogP contribution in [0.1, 0.15) is 32.6 Å². The Morgan fingerprint density at radius 1 is 0.963 bits per heavy atom. The third-order valence-corrected chi connectivity index (χ3v) is 4.96. The molecule has 1 spiro atoms. The number of benzene rings is 3. The van der Waals surface area contributed by atoms with Gasteiger partial charge in [0.2, 0.25) is 0 Å². The van der Waals surface area contributed by atoms with Crippen molar-refractivity contribution in [3.8, 4) is 29.1 Å². The predicted molar refractivity (Wildman–Crippen MR) is 92.7 cm³/mol. The number of phenolic OH excluding ortho intramolecular Hbond substituents is 2. The lowest BCUT2D eigenvalue weighted by molar-refractivity contribution is 0.0224. The van der Waals surface area contributed by atoms with Gasteiger partial charge in [0, 0.05) is 22.8 Å². The summed E-state index contributed by atoms with van der Waals surface area (Å²) >= 11 is 0. The van der Waals surface area contributed by atoms with Crippen molar-refractivity contribution in [3.63, 3.8) is 0 Å². The Balaban J connectivity index is 1.95. The molecule has 2 aliphatic heterocycles. The Hall–Kier alpha value is -3.98. The van der Waals surface area contributed by atoms with Gasteiger partial charge in [0.1, 0.15) is 28.9 Å². The fourth-order valence-corrected chi connectivity index (χ4v) is 3.82. The molecule has 0 radical (unpaired) electrons. The van der Waals surface area contributed by atoms with Gasteiger partial charge in [-0.05, 0) is 30.3 Å². The number of carbonyl (C=O) groups is 1. The van der Waals surface area contributed by atoms with Crippen molar-refractivity contribution >= 4 is 5.97 Å². The summed E-state index contributed by atoms with van der Waals surface area (Å²) in [6.07, 6.45) is 0. The van der Waals surface area contributed by atoms with Crippen LogP contribution in [0.5, 0.6) is 23.0 Å². The quantitative estimate of drug-likeness (QED) is 0.597. The first-order chi connectivity index (χ1) is 13.1. The van der Waals surface area contributed by atoms with Gasteiger partial charge in [0.25, 0.3) is 0 Å². The topological polar surface area (TPSA) is 99.8 Å². The Kier molecular flexibility index (Phi) is 2.84. The van der Waals surface area contributed by atoms with Crippen LogP contribution in [0.3, 0.4) is 0 Å². The van der Waals surface area contributed by atoms with Gasteiger partial charge < -0.3 is 19.7 Å². The summed E-state index contributed by atoms with van der Waals surface area (Å²) in [4.78, 5) is 12.6. The first-order valence-corrected chi connectivity index (χ1v) is 8.17. The molecule has 0 fully saturated rings. The van der Waals surface area contributed by atoms with Crippen LogP contribution in [-0.4, -0.2) is 16.2 Å². The molecule has 130 valence electrons. The lowest BCUT2D eigenvalue weighted by atomic mass is 9.77. The number of hydrogen-bond acceptors (Lipinski definition) is 6. The minimum atomic E-state index is -1.33. The molecule has 5 rings (SSSR count). The van der Waals surface area contributed by atoms with Crippen LogP contribution in [0, 0.1) is 11.3 Å². The fraction of sp³-hybridized carbons (Fsp3) is 0.0476. The molecule has 0 amide bonds. The molecule has 3 aromatic carbocycles. The third-order valence-electron chi connectivity index (χ3n) is 4.96. The van der Waals surface area contributed by atoms with Crippen LogP contribution < -0.4 is 4.74 Å². The van der Waals surface area contributed by atoms with Crippen LogP contribution in [-0.2, 0) is 10.3 Å². The Morgan fingerprint density at radius 3 is 2.56 bits per heavy atom. The van der Waals surface area contributed by atoms with E-state index in [0.29, 0.717) is 22.3 Å². The number of esters is 1. The molecule has 1 unspecified atom stereocenters. The summed E-state index contributed by atoms with van der Waals surface area (Å²) in [6.45, 7) is 0. The van der Waals surface area contributed by atoms with E-state index in [1.54, 1.807) is 36.4 Å². The van der Waals surface area contributed by atoms with E-state index >= 15 is 0 Å². The summed E-state index contributed by atoms with van der Waals surface area (Å²) in [5.41, 5.74) is 0.594. The summed E-state index contributed by atoms with van der Waals surface area (Å²) in [5, 5.41) is 29.5. The Bertz CT molecular complexity index is 1190. The van der Waals surface area contributed by atoms with Gasteiger partial charge in [0.15, 0.2) is 11.4 Å². The van der Waals surface area contributed by atoms with Crippen molar-refractivity contribution < 1.29 is 24.5 Å². The monoisotopic (exact) mass is 357 g/mol. The first-order valence-electron chi connectivity index (χ1n) is 8.17. The number of hydrogen-bond donors (Lipinski definition) is 2. The zero-order valence-electron chi connectivity index (χ0n) is 13.8. The molecule has 3 aromatic rings. The van der Waals surface area contributed by atoms with Gasteiger partial charge in [-0.1, -0.05) is 18.2 Å². The highest BCUT2D eigenvalue weighted by Gasteiger charge is 2.54. The number of nitriles is 1. The smallest absolute Gasteiger partial charge is 0.340 e. The number of fused-ring (bicyclic) bond motifs is 6. The number of phenols is 2. The van der Waals surface area contributed by atoms with E-state index < -0.39 is 11.6 Å². The van der Waals surface area contributed by atoms with Gasteiger partial charge in [0.05, 0.1) is 5.56 Å². The Morgan fingerprint density at radius 2 is 1.74 bits per heavy atom. The van der Waals surface area contributed by atoms with E-state index in [0.717, 1.165) is 0 Å². The van der Waals surface area contributed by atoms with Gasteiger partial charge in [-0.25, -0.2) is 4.79 Å². The van der Waals surface area contributed by atoms with E-state index in [9.17, 15) is 20.3 Å². The molecule has 2 aliphatic rings. The highest BCUT2D eigenvalue weighted by atomic mass is 16.6. The molecule has 0 aliphatic carbocycles. The number of nitrogens with zero attached hydrogens (tertiary/aromatic N) is 1. The van der Waals surface area contributed by atoms with Crippen molar-refractivity contribution in [2.75, 3.05) is 0 Å². The summed E-state index contributed by atoms with van der Waals surface area (Å²) in [5.74, 6) is -0.436. The normalized spacial score (nSPS) is 18.7. The standard InChI is InChI=1S/C21H11NO5/c22-10-13-17(24)8-7-16-19(13)26-18-9-11(23)5-6-15(18)21(16)14-4-2-1-3-12(14)20(25)27-21/h1-9,23-24H. The van der Waals surface area contributed by atoms with Gasteiger partial charge in [-0.15, -0.1) is 0 Å². The van der Waals surface area contributed by atoms with Crippen LogP contribution in [0.2, 0.25) is 0 Å².